The highest BCUT2D eigenvalue weighted by Crippen LogP contribution is 2.23. The molecule has 4 nitrogen and oxygen atoms in total. The summed E-state index contributed by atoms with van der Waals surface area (Å²) in [4.78, 5) is 12.5. The van der Waals surface area contributed by atoms with Crippen LogP contribution in [0.1, 0.15) is 30.5 Å². The van der Waals surface area contributed by atoms with E-state index in [1.54, 1.807) is 0 Å². The molecule has 2 N–H and O–H groups in total. The average molecular weight is 412 g/mol. The first kappa shape index (κ1) is 19.7. The number of carbonyl (C=O) groups is 1. The van der Waals surface area contributed by atoms with Gasteiger partial charge in [-0.1, -0.05) is 66.2 Å². The van der Waals surface area contributed by atoms with E-state index in [0.717, 1.165) is 39.7 Å². The molecule has 2 aromatic carbocycles. The van der Waals surface area contributed by atoms with Crippen molar-refractivity contribution < 1.29 is 4.79 Å². The van der Waals surface area contributed by atoms with Gasteiger partial charge < -0.3 is 10.6 Å². The lowest BCUT2D eigenvalue weighted by molar-refractivity contribution is -0.112. The number of hydrogen-bond acceptors (Lipinski definition) is 3. The van der Waals surface area contributed by atoms with Crippen molar-refractivity contribution in [2.45, 2.75) is 33.2 Å². The number of benzene rings is 2. The molecule has 2 aromatic rings. The fourth-order valence-corrected chi connectivity index (χ4v) is 3.06. The number of para-hydroxylation sites is 1. The Morgan fingerprint density at radius 2 is 1.69 bits per heavy atom. The minimum atomic E-state index is -0.400. The van der Waals surface area contributed by atoms with E-state index in [-0.39, 0.29) is 5.57 Å². The van der Waals surface area contributed by atoms with E-state index in [0.29, 0.717) is 6.54 Å². The molecule has 5 heteroatoms. The first-order valence-corrected chi connectivity index (χ1v) is 9.39. The van der Waals surface area contributed by atoms with Crippen molar-refractivity contribution in [3.8, 4) is 6.07 Å². The van der Waals surface area contributed by atoms with Gasteiger partial charge in [-0.2, -0.15) is 5.26 Å². The Kier molecular flexibility index (Phi) is 7.43. The largest absolute Gasteiger partial charge is 0.386 e. The van der Waals surface area contributed by atoms with Crippen molar-refractivity contribution in [1.82, 2.24) is 5.32 Å². The minimum absolute atomic E-state index is 0.0463. The van der Waals surface area contributed by atoms with Crippen molar-refractivity contribution in [3.63, 3.8) is 0 Å². The predicted octanol–water partition coefficient (Wildman–Crippen LogP) is 4.71. The van der Waals surface area contributed by atoms with E-state index < -0.39 is 5.91 Å². The Bertz CT molecular complexity index is 830. The fourth-order valence-electron chi connectivity index (χ4n) is 2.64. The Morgan fingerprint density at radius 1 is 1.08 bits per heavy atom. The number of nitrogens with one attached hydrogen (secondary N) is 2. The van der Waals surface area contributed by atoms with Crippen LogP contribution in [0, 0.1) is 11.3 Å². The number of halogens is 1. The van der Waals surface area contributed by atoms with Gasteiger partial charge in [-0.3, -0.25) is 4.79 Å². The highest BCUT2D eigenvalue weighted by molar-refractivity contribution is 9.10. The maximum atomic E-state index is 12.5. The van der Waals surface area contributed by atoms with Crippen LogP contribution in [-0.2, 0) is 24.2 Å². The van der Waals surface area contributed by atoms with E-state index in [9.17, 15) is 10.1 Å². The third-order valence-electron chi connectivity index (χ3n) is 4.10. The van der Waals surface area contributed by atoms with Crippen LogP contribution >= 0.6 is 15.9 Å². The first-order chi connectivity index (χ1) is 12.6. The number of aryl methyl sites for hydroxylation is 2. The summed E-state index contributed by atoms with van der Waals surface area (Å²) in [5.74, 6) is -0.400. The van der Waals surface area contributed by atoms with E-state index in [1.807, 2.05) is 62.4 Å². The highest BCUT2D eigenvalue weighted by Gasteiger charge is 2.13. The van der Waals surface area contributed by atoms with Crippen molar-refractivity contribution in [2.75, 3.05) is 5.32 Å². The van der Waals surface area contributed by atoms with Gasteiger partial charge in [0.15, 0.2) is 0 Å². The molecule has 2 rings (SSSR count). The van der Waals surface area contributed by atoms with Crippen LogP contribution in [0.25, 0.3) is 0 Å². The SMILES string of the molecule is CCc1cccc(CC)c1NC(=O)/C(C#N)=C\NCc1ccccc1Br. The second kappa shape index (κ2) is 9.79. The van der Waals surface area contributed by atoms with Crippen LogP contribution in [0.5, 0.6) is 0 Å². The quantitative estimate of drug-likeness (QED) is 0.511. The molecular weight excluding hydrogens is 390 g/mol. The lowest BCUT2D eigenvalue weighted by atomic mass is 10.0. The van der Waals surface area contributed by atoms with Crippen molar-refractivity contribution in [1.29, 1.82) is 5.26 Å². The third-order valence-corrected chi connectivity index (χ3v) is 4.87. The molecule has 26 heavy (non-hydrogen) atoms. The average Bonchev–Trinajstić information content (AvgIpc) is 2.66. The Morgan fingerprint density at radius 3 is 2.27 bits per heavy atom. The van der Waals surface area contributed by atoms with Crippen LogP contribution in [0.2, 0.25) is 0 Å². The van der Waals surface area contributed by atoms with Gasteiger partial charge in [0, 0.05) is 22.9 Å². The van der Waals surface area contributed by atoms with E-state index in [1.165, 1.54) is 6.20 Å². The van der Waals surface area contributed by atoms with Crippen molar-refractivity contribution in [3.05, 3.63) is 75.4 Å². The predicted molar refractivity (Wildman–Crippen MR) is 109 cm³/mol. The lowest BCUT2D eigenvalue weighted by Crippen LogP contribution is -2.18. The molecule has 0 saturated carbocycles. The van der Waals surface area contributed by atoms with E-state index in [4.69, 9.17) is 0 Å². The maximum Gasteiger partial charge on any atom is 0.267 e. The Hall–Kier alpha value is -2.58. The molecule has 0 saturated heterocycles. The molecule has 0 bridgehead atoms. The summed E-state index contributed by atoms with van der Waals surface area (Å²) in [6.45, 7) is 4.61. The zero-order chi connectivity index (χ0) is 18.9. The third kappa shape index (κ3) is 4.96. The summed E-state index contributed by atoms with van der Waals surface area (Å²) >= 11 is 3.48. The number of amides is 1. The molecular formula is C21H22BrN3O. The van der Waals surface area contributed by atoms with Crippen LogP contribution in [0.4, 0.5) is 5.69 Å². The van der Waals surface area contributed by atoms with Gasteiger partial charge in [-0.25, -0.2) is 0 Å². The monoisotopic (exact) mass is 411 g/mol. The van der Waals surface area contributed by atoms with E-state index in [2.05, 4.69) is 26.6 Å². The molecule has 1 amide bonds. The number of nitrogens with zero attached hydrogens (tertiary/aromatic N) is 1. The van der Waals surface area contributed by atoms with Gasteiger partial charge >= 0.3 is 0 Å². The fraction of sp³-hybridized carbons (Fsp3) is 0.238. The Labute approximate surface area is 163 Å². The molecule has 0 radical (unpaired) electrons. The zero-order valence-corrected chi connectivity index (χ0v) is 16.6. The van der Waals surface area contributed by atoms with Gasteiger partial charge in [-0.15, -0.1) is 0 Å². The number of hydrogen-bond donors (Lipinski definition) is 2. The molecule has 0 aliphatic heterocycles. The second-order valence-electron chi connectivity index (χ2n) is 5.75. The van der Waals surface area contributed by atoms with Gasteiger partial charge in [0.05, 0.1) is 0 Å². The van der Waals surface area contributed by atoms with Gasteiger partial charge in [0.2, 0.25) is 0 Å². The zero-order valence-electron chi connectivity index (χ0n) is 15.0. The minimum Gasteiger partial charge on any atom is -0.386 e. The molecule has 0 spiro atoms. The highest BCUT2D eigenvalue weighted by atomic mass is 79.9. The summed E-state index contributed by atoms with van der Waals surface area (Å²) in [7, 11) is 0. The van der Waals surface area contributed by atoms with Crippen molar-refractivity contribution in [2.24, 2.45) is 0 Å². The molecule has 0 aromatic heterocycles. The van der Waals surface area contributed by atoms with Crippen LogP contribution in [-0.4, -0.2) is 5.91 Å². The van der Waals surface area contributed by atoms with E-state index >= 15 is 0 Å². The van der Waals surface area contributed by atoms with Crippen molar-refractivity contribution >= 4 is 27.5 Å². The number of anilines is 1. The summed E-state index contributed by atoms with van der Waals surface area (Å²) in [5, 5.41) is 15.3. The van der Waals surface area contributed by atoms with Gasteiger partial charge in [-0.05, 0) is 35.6 Å². The molecule has 0 atom stereocenters. The summed E-state index contributed by atoms with van der Waals surface area (Å²) in [6.07, 6.45) is 3.10. The second-order valence-corrected chi connectivity index (χ2v) is 6.61. The van der Waals surface area contributed by atoms with Gasteiger partial charge in [0.25, 0.3) is 5.91 Å². The normalized spacial score (nSPS) is 10.9. The first-order valence-electron chi connectivity index (χ1n) is 8.59. The summed E-state index contributed by atoms with van der Waals surface area (Å²) in [6, 6.07) is 15.8. The molecule has 0 heterocycles. The summed E-state index contributed by atoms with van der Waals surface area (Å²) in [5.41, 5.74) is 4.04. The smallest absolute Gasteiger partial charge is 0.267 e. The number of rotatable bonds is 7. The maximum absolute atomic E-state index is 12.5. The number of carbonyl (C=O) groups excluding carboxylic acids is 1. The molecule has 134 valence electrons. The van der Waals surface area contributed by atoms with Gasteiger partial charge in [0.1, 0.15) is 11.6 Å². The topological polar surface area (TPSA) is 64.9 Å². The van der Waals surface area contributed by atoms with Crippen LogP contribution < -0.4 is 10.6 Å². The molecule has 0 aliphatic carbocycles. The van der Waals surface area contributed by atoms with Crippen LogP contribution in [0.3, 0.4) is 0 Å². The van der Waals surface area contributed by atoms with Crippen LogP contribution in [0.15, 0.2) is 58.7 Å². The molecule has 0 unspecified atom stereocenters. The summed E-state index contributed by atoms with van der Waals surface area (Å²) < 4.78 is 0.980. The molecule has 0 aliphatic rings. The number of nitriles is 1. The Balaban J connectivity index is 2.12. The lowest BCUT2D eigenvalue weighted by Gasteiger charge is -2.14. The standard InChI is InChI=1S/C21H22BrN3O/c1-3-15-9-7-10-16(4-2)20(15)25-21(26)18(12-23)14-24-13-17-8-5-6-11-19(17)22/h5-11,14,24H,3-4,13H2,1-2H3,(H,25,26)/b18-14-. The molecule has 0 fully saturated rings.